The molecular formula is C14H23BrN2. The molecule has 17 heavy (non-hydrogen) atoms. The molecule has 1 aromatic rings. The van der Waals surface area contributed by atoms with E-state index in [9.17, 15) is 0 Å². The van der Waals surface area contributed by atoms with Gasteiger partial charge in [-0.05, 0) is 43.8 Å². The first-order valence-electron chi connectivity index (χ1n) is 6.48. The highest BCUT2D eigenvalue weighted by Gasteiger charge is 2.00. The molecule has 0 aliphatic rings. The van der Waals surface area contributed by atoms with Crippen molar-refractivity contribution in [3.8, 4) is 0 Å². The number of benzene rings is 1. The lowest BCUT2D eigenvalue weighted by atomic mass is 10.3. The number of rotatable bonds is 8. The van der Waals surface area contributed by atoms with Crippen LogP contribution in [0.1, 0.15) is 26.7 Å². The van der Waals surface area contributed by atoms with Crippen LogP contribution in [0.4, 0.5) is 5.69 Å². The lowest BCUT2D eigenvalue weighted by Crippen LogP contribution is -2.29. The van der Waals surface area contributed by atoms with Gasteiger partial charge in [-0.15, -0.1) is 0 Å². The normalized spacial score (nSPS) is 10.8. The molecular weight excluding hydrogens is 276 g/mol. The summed E-state index contributed by atoms with van der Waals surface area (Å²) in [6.45, 7) is 8.96. The van der Waals surface area contributed by atoms with E-state index < -0.39 is 0 Å². The summed E-state index contributed by atoms with van der Waals surface area (Å²) >= 11 is 3.44. The zero-order valence-electron chi connectivity index (χ0n) is 10.9. The van der Waals surface area contributed by atoms with Gasteiger partial charge in [0.25, 0.3) is 0 Å². The number of unbranched alkanes of at least 4 members (excludes halogenated alkanes) is 1. The van der Waals surface area contributed by atoms with Gasteiger partial charge >= 0.3 is 0 Å². The molecule has 0 aromatic heterocycles. The topological polar surface area (TPSA) is 15.3 Å². The second kappa shape index (κ2) is 8.54. The number of nitrogens with one attached hydrogen (secondary N) is 1. The molecule has 0 bridgehead atoms. The molecule has 0 radical (unpaired) electrons. The van der Waals surface area contributed by atoms with Crippen molar-refractivity contribution < 1.29 is 0 Å². The van der Waals surface area contributed by atoms with Crippen molar-refractivity contribution in [1.29, 1.82) is 0 Å². The van der Waals surface area contributed by atoms with Gasteiger partial charge in [0.05, 0.1) is 0 Å². The van der Waals surface area contributed by atoms with Crippen LogP contribution in [0.2, 0.25) is 0 Å². The fourth-order valence-electron chi connectivity index (χ4n) is 1.74. The lowest BCUT2D eigenvalue weighted by Gasteiger charge is -2.20. The number of hydrogen-bond donors (Lipinski definition) is 1. The third kappa shape index (κ3) is 6.08. The van der Waals surface area contributed by atoms with Crippen LogP contribution in [0.25, 0.3) is 0 Å². The fraction of sp³-hybridized carbons (Fsp3) is 0.571. The molecule has 96 valence electrons. The smallest absolute Gasteiger partial charge is 0.0341 e. The zero-order valence-corrected chi connectivity index (χ0v) is 12.5. The van der Waals surface area contributed by atoms with Gasteiger partial charge in [-0.25, -0.2) is 0 Å². The van der Waals surface area contributed by atoms with Crippen molar-refractivity contribution in [3.63, 3.8) is 0 Å². The SMILES string of the molecule is CCCCN(CC)CCNc1ccc(Br)cc1. The minimum atomic E-state index is 1.01. The summed E-state index contributed by atoms with van der Waals surface area (Å²) < 4.78 is 1.13. The van der Waals surface area contributed by atoms with Gasteiger partial charge < -0.3 is 10.2 Å². The van der Waals surface area contributed by atoms with Crippen molar-refractivity contribution in [2.24, 2.45) is 0 Å². The third-order valence-corrected chi connectivity index (χ3v) is 3.41. The summed E-state index contributed by atoms with van der Waals surface area (Å²) in [5.74, 6) is 0. The second-order valence-corrected chi connectivity index (χ2v) is 5.14. The number of nitrogens with zero attached hydrogens (tertiary/aromatic N) is 1. The number of anilines is 1. The Hall–Kier alpha value is -0.540. The van der Waals surface area contributed by atoms with Crippen LogP contribution < -0.4 is 5.32 Å². The van der Waals surface area contributed by atoms with E-state index >= 15 is 0 Å². The molecule has 0 spiro atoms. The average molecular weight is 299 g/mol. The van der Waals surface area contributed by atoms with Gasteiger partial charge in [0.2, 0.25) is 0 Å². The molecule has 0 saturated heterocycles. The number of hydrogen-bond acceptors (Lipinski definition) is 2. The molecule has 2 nitrogen and oxygen atoms in total. The Kier molecular flexibility index (Phi) is 7.29. The van der Waals surface area contributed by atoms with Gasteiger partial charge in [-0.3, -0.25) is 0 Å². The summed E-state index contributed by atoms with van der Waals surface area (Å²) in [5, 5.41) is 3.45. The maximum atomic E-state index is 3.45. The first-order chi connectivity index (χ1) is 8.26. The molecule has 0 unspecified atom stereocenters. The van der Waals surface area contributed by atoms with Crippen molar-refractivity contribution in [1.82, 2.24) is 4.90 Å². The standard InChI is InChI=1S/C14H23BrN2/c1-3-5-11-17(4-2)12-10-16-14-8-6-13(15)7-9-14/h6-9,16H,3-5,10-12H2,1-2H3. The van der Waals surface area contributed by atoms with E-state index in [1.54, 1.807) is 0 Å². The first-order valence-corrected chi connectivity index (χ1v) is 7.27. The number of likely N-dealkylation sites (N-methyl/N-ethyl adjacent to an activating group) is 1. The van der Waals surface area contributed by atoms with Crippen LogP contribution in [0.15, 0.2) is 28.7 Å². The summed E-state index contributed by atoms with van der Waals surface area (Å²) in [6, 6.07) is 8.34. The molecule has 3 heteroatoms. The van der Waals surface area contributed by atoms with Gasteiger partial charge in [0.1, 0.15) is 0 Å². The minimum Gasteiger partial charge on any atom is -0.384 e. The Labute approximate surface area is 114 Å². The monoisotopic (exact) mass is 298 g/mol. The van der Waals surface area contributed by atoms with E-state index in [2.05, 4.69) is 64.3 Å². The molecule has 0 amide bonds. The molecule has 1 N–H and O–H groups in total. The van der Waals surface area contributed by atoms with Crippen molar-refractivity contribution in [3.05, 3.63) is 28.7 Å². The Bertz CT molecular complexity index is 298. The maximum Gasteiger partial charge on any atom is 0.0341 e. The molecule has 0 aliphatic heterocycles. The Morgan fingerprint density at radius 2 is 1.82 bits per heavy atom. The first kappa shape index (κ1) is 14.5. The van der Waals surface area contributed by atoms with Crippen LogP contribution in [0, 0.1) is 0 Å². The van der Waals surface area contributed by atoms with Gasteiger partial charge in [0.15, 0.2) is 0 Å². The largest absolute Gasteiger partial charge is 0.384 e. The van der Waals surface area contributed by atoms with E-state index in [1.165, 1.54) is 25.1 Å². The summed E-state index contributed by atoms with van der Waals surface area (Å²) in [6.07, 6.45) is 2.57. The van der Waals surface area contributed by atoms with E-state index in [0.717, 1.165) is 24.1 Å². The van der Waals surface area contributed by atoms with E-state index in [4.69, 9.17) is 0 Å². The van der Waals surface area contributed by atoms with Crippen molar-refractivity contribution in [2.75, 3.05) is 31.5 Å². The molecule has 0 heterocycles. The van der Waals surface area contributed by atoms with Gasteiger partial charge in [-0.1, -0.05) is 36.2 Å². The van der Waals surface area contributed by atoms with Crippen molar-refractivity contribution >= 4 is 21.6 Å². The zero-order chi connectivity index (χ0) is 12.5. The predicted molar refractivity (Wildman–Crippen MR) is 79.7 cm³/mol. The van der Waals surface area contributed by atoms with Gasteiger partial charge in [-0.2, -0.15) is 0 Å². The van der Waals surface area contributed by atoms with Crippen LogP contribution in [0.5, 0.6) is 0 Å². The average Bonchev–Trinajstić information content (AvgIpc) is 2.36. The van der Waals surface area contributed by atoms with E-state index in [-0.39, 0.29) is 0 Å². The minimum absolute atomic E-state index is 1.01. The highest BCUT2D eigenvalue weighted by Crippen LogP contribution is 2.13. The Balaban J connectivity index is 2.23. The fourth-order valence-corrected chi connectivity index (χ4v) is 2.00. The summed E-state index contributed by atoms with van der Waals surface area (Å²) in [5.41, 5.74) is 1.19. The molecule has 0 aliphatic carbocycles. The van der Waals surface area contributed by atoms with Crippen LogP contribution in [-0.4, -0.2) is 31.1 Å². The second-order valence-electron chi connectivity index (χ2n) is 4.22. The van der Waals surface area contributed by atoms with Crippen LogP contribution >= 0.6 is 15.9 Å². The third-order valence-electron chi connectivity index (χ3n) is 2.88. The Morgan fingerprint density at radius 1 is 1.12 bits per heavy atom. The van der Waals surface area contributed by atoms with Crippen LogP contribution in [0.3, 0.4) is 0 Å². The molecule has 1 rings (SSSR count). The summed E-state index contributed by atoms with van der Waals surface area (Å²) in [7, 11) is 0. The van der Waals surface area contributed by atoms with Crippen LogP contribution in [-0.2, 0) is 0 Å². The van der Waals surface area contributed by atoms with E-state index in [0.29, 0.717) is 0 Å². The Morgan fingerprint density at radius 3 is 2.41 bits per heavy atom. The molecule has 0 fully saturated rings. The lowest BCUT2D eigenvalue weighted by molar-refractivity contribution is 0.294. The predicted octanol–water partition coefficient (Wildman–Crippen LogP) is 3.98. The van der Waals surface area contributed by atoms with Gasteiger partial charge in [0, 0.05) is 23.2 Å². The highest BCUT2D eigenvalue weighted by atomic mass is 79.9. The maximum absolute atomic E-state index is 3.45. The molecule has 0 atom stereocenters. The molecule has 0 saturated carbocycles. The van der Waals surface area contributed by atoms with E-state index in [1.807, 2.05) is 0 Å². The summed E-state index contributed by atoms with van der Waals surface area (Å²) in [4.78, 5) is 2.50. The number of halogens is 1. The quantitative estimate of drug-likeness (QED) is 0.781. The molecule has 1 aromatic carbocycles. The van der Waals surface area contributed by atoms with Crippen molar-refractivity contribution in [2.45, 2.75) is 26.7 Å². The highest BCUT2D eigenvalue weighted by molar-refractivity contribution is 9.10.